The van der Waals surface area contributed by atoms with Gasteiger partial charge in [0.1, 0.15) is 5.69 Å². The Morgan fingerprint density at radius 3 is 2.17 bits per heavy atom. The van der Waals surface area contributed by atoms with Gasteiger partial charge in [-0.3, -0.25) is 4.99 Å². The summed E-state index contributed by atoms with van der Waals surface area (Å²) < 4.78 is 0. The fourth-order valence-corrected chi connectivity index (χ4v) is 1.80. The minimum Gasteiger partial charge on any atom is -0.277 e. The Morgan fingerprint density at radius 2 is 1.61 bits per heavy atom. The van der Waals surface area contributed by atoms with Crippen LogP contribution in [0, 0.1) is 6.92 Å². The predicted molar refractivity (Wildman–Crippen MR) is 77.2 cm³/mol. The highest BCUT2D eigenvalue weighted by molar-refractivity contribution is 6.30. The van der Waals surface area contributed by atoms with Crippen molar-refractivity contribution in [2.75, 3.05) is 12.4 Å². The summed E-state index contributed by atoms with van der Waals surface area (Å²) in [5.74, 6) is 0.954. The molecule has 2 aromatic carbocycles. The van der Waals surface area contributed by atoms with E-state index in [-0.39, 0.29) is 0 Å². The Hall–Kier alpha value is -1.80. The maximum atomic E-state index is 5.89. The Kier molecular flexibility index (Phi) is 4.00. The summed E-state index contributed by atoms with van der Waals surface area (Å²) in [6.07, 6.45) is 0. The van der Waals surface area contributed by atoms with Crippen molar-refractivity contribution >= 4 is 23.1 Å². The van der Waals surface area contributed by atoms with Crippen molar-refractivity contribution in [1.82, 2.24) is 0 Å². The smallest absolute Gasteiger partial charge is 0.277 e. The van der Waals surface area contributed by atoms with Crippen LogP contribution in [0.15, 0.2) is 48.5 Å². The van der Waals surface area contributed by atoms with Gasteiger partial charge in [-0.2, -0.15) is 0 Å². The zero-order chi connectivity index (χ0) is 13.0. The summed E-state index contributed by atoms with van der Waals surface area (Å²) in [4.78, 5) is 3.16. The lowest BCUT2D eigenvalue weighted by Gasteiger charge is -2.03. The van der Waals surface area contributed by atoms with Crippen molar-refractivity contribution in [2.24, 2.45) is 0 Å². The third-order valence-corrected chi connectivity index (χ3v) is 2.96. The van der Waals surface area contributed by atoms with Gasteiger partial charge in [-0.25, -0.2) is 5.32 Å². The summed E-state index contributed by atoms with van der Waals surface area (Å²) >= 11 is 5.89. The quantitative estimate of drug-likeness (QED) is 0.628. The second-order valence-electron chi connectivity index (χ2n) is 4.12. The van der Waals surface area contributed by atoms with Crippen LogP contribution < -0.4 is 10.3 Å². The molecule has 0 spiro atoms. The lowest BCUT2D eigenvalue weighted by Crippen LogP contribution is -2.70. The van der Waals surface area contributed by atoms with Crippen molar-refractivity contribution < 1.29 is 4.99 Å². The molecule has 0 aliphatic carbocycles. The molecule has 0 aliphatic heterocycles. The number of benzene rings is 2. The molecule has 0 bridgehead atoms. The van der Waals surface area contributed by atoms with E-state index in [4.69, 9.17) is 11.6 Å². The van der Waals surface area contributed by atoms with Crippen LogP contribution in [0.1, 0.15) is 11.1 Å². The van der Waals surface area contributed by atoms with Crippen molar-refractivity contribution in [2.45, 2.75) is 6.92 Å². The summed E-state index contributed by atoms with van der Waals surface area (Å²) in [7, 11) is 1.89. The number of amidine groups is 1. The van der Waals surface area contributed by atoms with E-state index >= 15 is 0 Å². The van der Waals surface area contributed by atoms with Gasteiger partial charge in [-0.05, 0) is 43.3 Å². The van der Waals surface area contributed by atoms with Gasteiger partial charge in [0.15, 0.2) is 0 Å². The molecule has 2 nitrogen and oxygen atoms in total. The standard InChI is InChI=1S/C15H15ClN2/c1-11-3-9-14(10-4-11)18-15(17-2)12-5-7-13(16)8-6-12/h3-10H,1-2H3,(H,17,18)/p+1. The van der Waals surface area contributed by atoms with Crippen LogP contribution in [0.2, 0.25) is 5.02 Å². The summed E-state index contributed by atoms with van der Waals surface area (Å²) in [5.41, 5.74) is 3.38. The molecule has 0 amide bonds. The van der Waals surface area contributed by atoms with Gasteiger partial charge >= 0.3 is 0 Å². The Labute approximate surface area is 112 Å². The molecular weight excluding hydrogens is 244 g/mol. The normalized spacial score (nSPS) is 11.4. The molecule has 2 rings (SSSR count). The average molecular weight is 260 g/mol. The maximum Gasteiger partial charge on any atom is 0.279 e. The zero-order valence-corrected chi connectivity index (χ0v) is 11.3. The monoisotopic (exact) mass is 259 g/mol. The molecule has 2 aromatic rings. The van der Waals surface area contributed by atoms with Gasteiger partial charge in [-0.1, -0.05) is 29.3 Å². The molecule has 2 N–H and O–H groups in total. The fraction of sp³-hybridized carbons (Fsp3) is 0.133. The summed E-state index contributed by atoms with van der Waals surface area (Å²) in [5, 5.41) is 4.09. The van der Waals surface area contributed by atoms with Gasteiger partial charge in [0, 0.05) is 5.02 Å². The minimum atomic E-state index is 0.740. The van der Waals surface area contributed by atoms with Crippen molar-refractivity contribution in [3.8, 4) is 0 Å². The Bertz CT molecular complexity index is 542. The highest BCUT2D eigenvalue weighted by atomic mass is 35.5. The average Bonchev–Trinajstić information content (AvgIpc) is 2.39. The highest BCUT2D eigenvalue weighted by Crippen LogP contribution is 2.12. The first-order valence-corrected chi connectivity index (χ1v) is 6.21. The van der Waals surface area contributed by atoms with E-state index in [1.165, 1.54) is 5.56 Å². The maximum absolute atomic E-state index is 5.89. The molecule has 3 heteroatoms. The van der Waals surface area contributed by atoms with Crippen LogP contribution in [0.5, 0.6) is 0 Å². The van der Waals surface area contributed by atoms with E-state index < -0.39 is 0 Å². The third-order valence-electron chi connectivity index (χ3n) is 2.70. The minimum absolute atomic E-state index is 0.740. The van der Waals surface area contributed by atoms with Gasteiger partial charge < -0.3 is 0 Å². The van der Waals surface area contributed by atoms with E-state index in [1.54, 1.807) is 0 Å². The number of hydrogen-bond acceptors (Lipinski definition) is 0. The number of anilines is 1. The highest BCUT2D eigenvalue weighted by Gasteiger charge is 2.09. The van der Waals surface area contributed by atoms with E-state index in [1.807, 2.05) is 31.3 Å². The first-order valence-electron chi connectivity index (χ1n) is 5.83. The van der Waals surface area contributed by atoms with Crippen molar-refractivity contribution in [3.63, 3.8) is 0 Å². The van der Waals surface area contributed by atoms with Crippen LogP contribution in [-0.2, 0) is 0 Å². The van der Waals surface area contributed by atoms with Crippen molar-refractivity contribution in [3.05, 3.63) is 64.7 Å². The molecule has 0 saturated carbocycles. The summed E-state index contributed by atoms with van der Waals surface area (Å²) in [6, 6.07) is 16.0. The van der Waals surface area contributed by atoms with Crippen molar-refractivity contribution in [1.29, 1.82) is 0 Å². The molecular formula is C15H16ClN2+. The lowest BCUT2D eigenvalue weighted by molar-refractivity contribution is -0.419. The van der Waals surface area contributed by atoms with Gasteiger partial charge in [0.25, 0.3) is 5.84 Å². The number of halogens is 1. The molecule has 18 heavy (non-hydrogen) atoms. The molecule has 0 aromatic heterocycles. The SMILES string of the molecule is C[NH+]=C(Nc1ccc(C)cc1)c1ccc(Cl)cc1. The second kappa shape index (κ2) is 5.69. The first-order chi connectivity index (χ1) is 8.69. The molecule has 0 fully saturated rings. The molecule has 0 aliphatic rings. The molecule has 92 valence electrons. The van der Waals surface area contributed by atoms with Crippen LogP contribution in [0.25, 0.3) is 0 Å². The van der Waals surface area contributed by atoms with E-state index in [0.29, 0.717) is 0 Å². The number of nitrogens with one attached hydrogen (secondary N) is 2. The molecule has 0 heterocycles. The van der Waals surface area contributed by atoms with Gasteiger partial charge in [-0.15, -0.1) is 0 Å². The topological polar surface area (TPSA) is 26.0 Å². The van der Waals surface area contributed by atoms with Crippen LogP contribution in [0.3, 0.4) is 0 Å². The zero-order valence-electron chi connectivity index (χ0n) is 10.5. The van der Waals surface area contributed by atoms with Crippen LogP contribution in [0.4, 0.5) is 5.69 Å². The summed E-state index contributed by atoms with van der Waals surface area (Å²) in [6.45, 7) is 2.08. The third kappa shape index (κ3) is 3.11. The molecule has 0 atom stereocenters. The Balaban J connectivity index is 2.20. The number of rotatable bonds is 2. The number of hydrogen-bond donors (Lipinski definition) is 2. The van der Waals surface area contributed by atoms with Gasteiger partial charge in [0.2, 0.25) is 0 Å². The molecule has 0 saturated heterocycles. The lowest BCUT2D eigenvalue weighted by atomic mass is 10.2. The fourth-order valence-electron chi connectivity index (χ4n) is 1.68. The van der Waals surface area contributed by atoms with Crippen LogP contribution in [-0.4, -0.2) is 12.9 Å². The predicted octanol–water partition coefficient (Wildman–Crippen LogP) is 2.22. The Morgan fingerprint density at radius 1 is 1.00 bits per heavy atom. The van der Waals surface area contributed by atoms with Gasteiger partial charge in [0.05, 0.1) is 12.6 Å². The molecule has 0 radical (unpaired) electrons. The largest absolute Gasteiger partial charge is 0.279 e. The van der Waals surface area contributed by atoms with E-state index in [9.17, 15) is 0 Å². The van der Waals surface area contributed by atoms with E-state index in [2.05, 4.69) is 41.5 Å². The van der Waals surface area contributed by atoms with E-state index in [0.717, 1.165) is 22.1 Å². The van der Waals surface area contributed by atoms with Crippen LogP contribution >= 0.6 is 11.6 Å². The first kappa shape index (κ1) is 12.7. The number of aryl methyl sites for hydroxylation is 1. The molecule has 0 unspecified atom stereocenters. The second-order valence-corrected chi connectivity index (χ2v) is 4.56.